The fourth-order valence-corrected chi connectivity index (χ4v) is 3.84. The van der Waals surface area contributed by atoms with E-state index in [0.29, 0.717) is 36.7 Å². The first-order valence-corrected chi connectivity index (χ1v) is 11.2. The number of benzene rings is 3. The molecule has 4 rings (SSSR count). The monoisotopic (exact) mass is 493 g/mol. The van der Waals surface area contributed by atoms with Crippen molar-refractivity contribution in [2.45, 2.75) is 0 Å². The number of amides is 2. The van der Waals surface area contributed by atoms with Gasteiger partial charge < -0.3 is 15.4 Å². The second kappa shape index (κ2) is 10.5. The topological polar surface area (TPSA) is 70.7 Å². The van der Waals surface area contributed by atoms with E-state index in [1.165, 1.54) is 0 Å². The second-order valence-corrected chi connectivity index (χ2v) is 8.38. The number of anilines is 2. The molecule has 0 spiro atoms. The Kier molecular flexibility index (Phi) is 7.32. The highest BCUT2D eigenvalue weighted by Gasteiger charge is 2.16. The van der Waals surface area contributed by atoms with Crippen molar-refractivity contribution in [1.29, 1.82) is 0 Å². The zero-order valence-electron chi connectivity index (χ0n) is 17.5. The number of carbonyl (C=O) groups excluding carboxylic acids is 2. The van der Waals surface area contributed by atoms with Crippen LogP contribution in [0.3, 0.4) is 0 Å². The van der Waals surface area contributed by atoms with E-state index in [0.717, 1.165) is 28.7 Å². The Morgan fingerprint density at radius 1 is 0.875 bits per heavy atom. The normalized spacial score (nSPS) is 14.0. The first kappa shape index (κ1) is 22.2. The van der Waals surface area contributed by atoms with Crippen molar-refractivity contribution >= 4 is 39.1 Å². The smallest absolute Gasteiger partial charge is 0.255 e. The Bertz CT molecular complexity index is 1080. The van der Waals surface area contributed by atoms with Crippen LogP contribution in [0.5, 0.6) is 0 Å². The van der Waals surface area contributed by atoms with Gasteiger partial charge in [-0.05, 0) is 57.4 Å². The molecule has 1 fully saturated rings. The van der Waals surface area contributed by atoms with E-state index in [2.05, 4.69) is 26.6 Å². The van der Waals surface area contributed by atoms with Crippen molar-refractivity contribution in [3.05, 3.63) is 82.8 Å². The average molecular weight is 494 g/mol. The minimum absolute atomic E-state index is 0.123. The highest BCUT2D eigenvalue weighted by Crippen LogP contribution is 2.25. The van der Waals surface area contributed by atoms with Crippen molar-refractivity contribution in [2.75, 3.05) is 43.5 Å². The van der Waals surface area contributed by atoms with Gasteiger partial charge in [0.1, 0.15) is 0 Å². The van der Waals surface area contributed by atoms with Crippen LogP contribution in [-0.2, 0) is 9.53 Å². The number of rotatable bonds is 6. The van der Waals surface area contributed by atoms with E-state index in [1.807, 2.05) is 59.5 Å². The minimum atomic E-state index is -0.242. The molecule has 6 nitrogen and oxygen atoms in total. The molecule has 3 aromatic carbocycles. The Hall–Kier alpha value is -3.00. The number of ether oxygens (including phenoxy) is 1. The summed E-state index contributed by atoms with van der Waals surface area (Å²) in [6, 6.07) is 22.9. The van der Waals surface area contributed by atoms with Gasteiger partial charge in [-0.1, -0.05) is 42.5 Å². The predicted octanol–water partition coefficient (Wildman–Crippen LogP) is 4.64. The second-order valence-electron chi connectivity index (χ2n) is 7.53. The molecule has 0 bridgehead atoms. The lowest BCUT2D eigenvalue weighted by atomic mass is 10.1. The number of hydrogen-bond acceptors (Lipinski definition) is 4. The number of halogens is 1. The summed E-state index contributed by atoms with van der Waals surface area (Å²) < 4.78 is 6.03. The molecule has 164 valence electrons. The zero-order chi connectivity index (χ0) is 22.3. The van der Waals surface area contributed by atoms with E-state index in [-0.39, 0.29) is 11.8 Å². The lowest BCUT2D eigenvalue weighted by Gasteiger charge is -2.25. The number of morpholine rings is 1. The van der Waals surface area contributed by atoms with Gasteiger partial charge in [-0.15, -0.1) is 0 Å². The van der Waals surface area contributed by atoms with E-state index < -0.39 is 0 Å². The summed E-state index contributed by atoms with van der Waals surface area (Å²) in [5.74, 6) is -0.365. The summed E-state index contributed by atoms with van der Waals surface area (Å²) in [6.45, 7) is 3.04. The van der Waals surface area contributed by atoms with E-state index >= 15 is 0 Å². The van der Waals surface area contributed by atoms with Gasteiger partial charge >= 0.3 is 0 Å². The maximum absolute atomic E-state index is 12.8. The van der Waals surface area contributed by atoms with Gasteiger partial charge in [0, 0.05) is 28.8 Å². The molecule has 32 heavy (non-hydrogen) atoms. The third-order valence-corrected chi connectivity index (χ3v) is 5.91. The maximum atomic E-state index is 12.8. The molecule has 1 aliphatic heterocycles. The van der Waals surface area contributed by atoms with Gasteiger partial charge in [-0.25, -0.2) is 0 Å². The maximum Gasteiger partial charge on any atom is 0.255 e. The molecule has 1 aliphatic rings. The van der Waals surface area contributed by atoms with Crippen LogP contribution in [0.2, 0.25) is 0 Å². The number of nitrogens with zero attached hydrogens (tertiary/aromatic N) is 1. The van der Waals surface area contributed by atoms with Crippen molar-refractivity contribution in [3.8, 4) is 11.1 Å². The standard InChI is InChI=1S/C25H24BrN3O3/c26-22-11-8-20(16-23(22)28-24(30)17-29-12-14-32-15-13-29)25(31)27-21-9-6-19(7-10-21)18-4-2-1-3-5-18/h1-11,16H,12-15,17H2,(H,27,31)(H,28,30). The molecule has 2 amide bonds. The quantitative estimate of drug-likeness (QED) is 0.524. The van der Waals surface area contributed by atoms with Crippen molar-refractivity contribution in [1.82, 2.24) is 4.90 Å². The third kappa shape index (κ3) is 5.82. The molecule has 3 aromatic rings. The Labute approximate surface area is 195 Å². The van der Waals surface area contributed by atoms with Crippen LogP contribution < -0.4 is 10.6 Å². The van der Waals surface area contributed by atoms with Crippen LogP contribution in [0.15, 0.2) is 77.3 Å². The molecule has 2 N–H and O–H groups in total. The van der Waals surface area contributed by atoms with Gasteiger partial charge in [-0.2, -0.15) is 0 Å². The van der Waals surface area contributed by atoms with Crippen molar-refractivity contribution < 1.29 is 14.3 Å². The fourth-order valence-electron chi connectivity index (χ4n) is 3.49. The Morgan fingerprint density at radius 3 is 2.28 bits per heavy atom. The summed E-state index contributed by atoms with van der Waals surface area (Å²) in [5.41, 5.74) is 3.93. The molecule has 7 heteroatoms. The molecule has 0 radical (unpaired) electrons. The molecule has 0 aromatic heterocycles. The average Bonchev–Trinajstić information content (AvgIpc) is 2.82. The van der Waals surface area contributed by atoms with Crippen LogP contribution in [0.4, 0.5) is 11.4 Å². The summed E-state index contributed by atoms with van der Waals surface area (Å²) >= 11 is 3.45. The lowest BCUT2D eigenvalue weighted by Crippen LogP contribution is -2.41. The molecule has 0 aliphatic carbocycles. The summed E-state index contributed by atoms with van der Waals surface area (Å²) in [4.78, 5) is 27.3. The highest BCUT2D eigenvalue weighted by molar-refractivity contribution is 9.10. The lowest BCUT2D eigenvalue weighted by molar-refractivity contribution is -0.118. The molecular weight excluding hydrogens is 470 g/mol. The third-order valence-electron chi connectivity index (χ3n) is 5.22. The first-order chi connectivity index (χ1) is 15.6. The predicted molar refractivity (Wildman–Crippen MR) is 130 cm³/mol. The summed E-state index contributed by atoms with van der Waals surface area (Å²) in [6.07, 6.45) is 0. The van der Waals surface area contributed by atoms with Gasteiger partial charge in [0.15, 0.2) is 0 Å². The van der Waals surface area contributed by atoms with Crippen LogP contribution in [0.1, 0.15) is 10.4 Å². The van der Waals surface area contributed by atoms with Gasteiger partial charge in [0.05, 0.1) is 25.4 Å². The number of nitrogens with one attached hydrogen (secondary N) is 2. The number of hydrogen-bond donors (Lipinski definition) is 2. The van der Waals surface area contributed by atoms with Crippen LogP contribution in [0, 0.1) is 0 Å². The summed E-state index contributed by atoms with van der Waals surface area (Å²) in [5, 5.41) is 5.81. The van der Waals surface area contributed by atoms with Crippen molar-refractivity contribution in [3.63, 3.8) is 0 Å². The number of carbonyl (C=O) groups is 2. The van der Waals surface area contributed by atoms with Crippen LogP contribution in [0.25, 0.3) is 11.1 Å². The Morgan fingerprint density at radius 2 is 1.56 bits per heavy atom. The fraction of sp³-hybridized carbons (Fsp3) is 0.200. The van der Waals surface area contributed by atoms with Gasteiger partial charge in [0.2, 0.25) is 5.91 Å². The largest absolute Gasteiger partial charge is 0.379 e. The highest BCUT2D eigenvalue weighted by atomic mass is 79.9. The van der Waals surface area contributed by atoms with Crippen LogP contribution in [-0.4, -0.2) is 49.6 Å². The summed E-state index contributed by atoms with van der Waals surface area (Å²) in [7, 11) is 0. The first-order valence-electron chi connectivity index (χ1n) is 10.4. The van der Waals surface area contributed by atoms with Gasteiger partial charge in [-0.3, -0.25) is 14.5 Å². The molecule has 0 unspecified atom stereocenters. The molecule has 1 saturated heterocycles. The molecular formula is C25H24BrN3O3. The van der Waals surface area contributed by atoms with E-state index in [9.17, 15) is 9.59 Å². The SMILES string of the molecule is O=C(CN1CCOCC1)Nc1cc(C(=O)Nc2ccc(-c3ccccc3)cc2)ccc1Br. The molecule has 0 atom stereocenters. The molecule has 0 saturated carbocycles. The Balaban J connectivity index is 1.40. The van der Waals surface area contributed by atoms with Gasteiger partial charge in [0.25, 0.3) is 5.91 Å². The zero-order valence-corrected chi connectivity index (χ0v) is 19.1. The van der Waals surface area contributed by atoms with E-state index in [1.54, 1.807) is 18.2 Å². The van der Waals surface area contributed by atoms with E-state index in [4.69, 9.17) is 4.74 Å². The van der Waals surface area contributed by atoms with Crippen molar-refractivity contribution in [2.24, 2.45) is 0 Å². The minimum Gasteiger partial charge on any atom is -0.379 e. The molecule has 1 heterocycles. The van der Waals surface area contributed by atoms with Crippen LogP contribution >= 0.6 is 15.9 Å².